The number of carbonyl (C=O) groups excluding carboxylic acids is 2. The van der Waals surface area contributed by atoms with Crippen LogP contribution >= 0.6 is 0 Å². The molecular formula is C19H29N3O3. The molecule has 1 saturated heterocycles. The minimum absolute atomic E-state index is 0.146. The zero-order valence-corrected chi connectivity index (χ0v) is 15.4. The predicted octanol–water partition coefficient (Wildman–Crippen LogP) is 3.01. The summed E-state index contributed by atoms with van der Waals surface area (Å²) in [7, 11) is 0. The highest BCUT2D eigenvalue weighted by molar-refractivity contribution is 6.21. The monoisotopic (exact) mass is 347 g/mol. The molecule has 1 atom stereocenters. The van der Waals surface area contributed by atoms with E-state index in [2.05, 4.69) is 0 Å². The Hall–Kier alpha value is -2.08. The summed E-state index contributed by atoms with van der Waals surface area (Å²) in [5.74, 6) is 0.879. The van der Waals surface area contributed by atoms with Gasteiger partial charge in [-0.15, -0.1) is 0 Å². The van der Waals surface area contributed by atoms with Crippen molar-refractivity contribution in [2.75, 3.05) is 24.6 Å². The first-order chi connectivity index (χ1) is 12.0. The van der Waals surface area contributed by atoms with Gasteiger partial charge in [0.2, 0.25) is 0 Å². The fourth-order valence-corrected chi connectivity index (χ4v) is 3.09. The van der Waals surface area contributed by atoms with Crippen molar-refractivity contribution in [3.63, 3.8) is 0 Å². The zero-order valence-electron chi connectivity index (χ0n) is 15.4. The normalized spacial score (nSPS) is 17.7. The molecule has 0 radical (unpaired) electrons. The number of rotatable bonds is 9. The first-order valence-electron chi connectivity index (χ1n) is 9.07. The molecule has 1 heterocycles. The molecule has 1 aromatic rings. The van der Waals surface area contributed by atoms with E-state index in [1.807, 2.05) is 20.8 Å². The van der Waals surface area contributed by atoms with E-state index in [1.165, 1.54) is 4.90 Å². The number of benzene rings is 1. The molecule has 2 rings (SSSR count). The molecule has 138 valence electrons. The highest BCUT2D eigenvalue weighted by atomic mass is 16.5. The number of carbonyl (C=O) groups is 2. The maximum absolute atomic E-state index is 12.9. The third kappa shape index (κ3) is 4.51. The molecule has 0 bridgehead atoms. The molecule has 1 aliphatic heterocycles. The lowest BCUT2D eigenvalue weighted by Crippen LogP contribution is -2.38. The summed E-state index contributed by atoms with van der Waals surface area (Å²) in [5, 5.41) is 0. The van der Waals surface area contributed by atoms with Crippen molar-refractivity contribution in [1.29, 1.82) is 0 Å². The molecule has 0 aromatic heterocycles. The third-order valence-corrected chi connectivity index (χ3v) is 4.22. The minimum Gasteiger partial charge on any atom is -0.494 e. The van der Waals surface area contributed by atoms with Crippen molar-refractivity contribution in [1.82, 2.24) is 4.90 Å². The van der Waals surface area contributed by atoms with Crippen LogP contribution in [0.25, 0.3) is 0 Å². The molecule has 0 aliphatic carbocycles. The van der Waals surface area contributed by atoms with Crippen molar-refractivity contribution >= 4 is 17.6 Å². The first kappa shape index (κ1) is 19.2. The summed E-state index contributed by atoms with van der Waals surface area (Å²) in [4.78, 5) is 28.8. The fourth-order valence-electron chi connectivity index (χ4n) is 3.09. The van der Waals surface area contributed by atoms with Crippen molar-refractivity contribution in [2.24, 2.45) is 11.7 Å². The van der Waals surface area contributed by atoms with Gasteiger partial charge in [0.15, 0.2) is 0 Å². The number of unbranched alkanes of at least 4 members (excludes halogenated alkanes) is 1. The fraction of sp³-hybridized carbons (Fsp3) is 0.579. The smallest absolute Gasteiger partial charge is 0.332 e. The van der Waals surface area contributed by atoms with Crippen LogP contribution in [0.15, 0.2) is 24.3 Å². The van der Waals surface area contributed by atoms with E-state index in [1.54, 1.807) is 29.2 Å². The maximum atomic E-state index is 12.9. The van der Waals surface area contributed by atoms with E-state index in [-0.39, 0.29) is 11.9 Å². The highest BCUT2D eigenvalue weighted by Crippen LogP contribution is 2.29. The van der Waals surface area contributed by atoms with Crippen LogP contribution in [0.4, 0.5) is 10.5 Å². The molecule has 0 spiro atoms. The average Bonchev–Trinajstić information content (AvgIpc) is 2.80. The lowest BCUT2D eigenvalue weighted by molar-refractivity contribution is -0.120. The molecular weight excluding hydrogens is 318 g/mol. The van der Waals surface area contributed by atoms with Crippen LogP contribution in [-0.4, -0.2) is 42.6 Å². The summed E-state index contributed by atoms with van der Waals surface area (Å²) >= 11 is 0. The van der Waals surface area contributed by atoms with Gasteiger partial charge in [-0.25, -0.2) is 9.69 Å². The largest absolute Gasteiger partial charge is 0.494 e. The van der Waals surface area contributed by atoms with Crippen LogP contribution in [0.1, 0.15) is 40.0 Å². The predicted molar refractivity (Wildman–Crippen MR) is 98.7 cm³/mol. The van der Waals surface area contributed by atoms with E-state index in [4.69, 9.17) is 10.5 Å². The number of amides is 3. The van der Waals surface area contributed by atoms with Crippen LogP contribution in [0, 0.1) is 5.92 Å². The summed E-state index contributed by atoms with van der Waals surface area (Å²) in [6.07, 6.45) is 2.35. The number of hydrogen-bond acceptors (Lipinski definition) is 4. The van der Waals surface area contributed by atoms with Gasteiger partial charge in [-0.1, -0.05) is 13.8 Å². The molecule has 1 aromatic carbocycles. The quantitative estimate of drug-likeness (QED) is 0.550. The van der Waals surface area contributed by atoms with Crippen LogP contribution in [-0.2, 0) is 4.79 Å². The van der Waals surface area contributed by atoms with Gasteiger partial charge in [-0.2, -0.15) is 0 Å². The molecule has 25 heavy (non-hydrogen) atoms. The summed E-state index contributed by atoms with van der Waals surface area (Å²) < 4.78 is 5.43. The summed E-state index contributed by atoms with van der Waals surface area (Å²) in [6.45, 7) is 7.76. The lowest BCUT2D eigenvalue weighted by Gasteiger charge is -2.23. The SMILES string of the molecule is CCOc1ccc(N2C(=O)[C@H](CCCCN)N(CC(C)C)C2=O)cc1. The Kier molecular flexibility index (Phi) is 6.82. The van der Waals surface area contributed by atoms with Crippen molar-refractivity contribution in [3.8, 4) is 5.75 Å². The van der Waals surface area contributed by atoms with Crippen molar-refractivity contribution in [2.45, 2.75) is 46.1 Å². The highest BCUT2D eigenvalue weighted by Gasteiger charge is 2.45. The first-order valence-corrected chi connectivity index (χ1v) is 9.07. The van der Waals surface area contributed by atoms with Gasteiger partial charge in [0, 0.05) is 6.54 Å². The van der Waals surface area contributed by atoms with Gasteiger partial charge >= 0.3 is 6.03 Å². The van der Waals surface area contributed by atoms with Gasteiger partial charge < -0.3 is 15.4 Å². The number of anilines is 1. The Bertz CT molecular complexity index is 586. The number of urea groups is 1. The molecule has 6 nitrogen and oxygen atoms in total. The van der Waals surface area contributed by atoms with Crippen LogP contribution in [0.3, 0.4) is 0 Å². The summed E-state index contributed by atoms with van der Waals surface area (Å²) in [5.41, 5.74) is 6.15. The number of imide groups is 1. The zero-order chi connectivity index (χ0) is 18.4. The second kappa shape index (κ2) is 8.85. The van der Waals surface area contributed by atoms with E-state index in [0.717, 1.165) is 18.6 Å². The van der Waals surface area contributed by atoms with Gasteiger partial charge in [-0.05, 0) is 62.9 Å². The Morgan fingerprint density at radius 2 is 1.84 bits per heavy atom. The topological polar surface area (TPSA) is 75.9 Å². The van der Waals surface area contributed by atoms with Gasteiger partial charge in [-0.3, -0.25) is 4.79 Å². The van der Waals surface area contributed by atoms with Crippen LogP contribution in [0.5, 0.6) is 5.75 Å². The number of ether oxygens (including phenoxy) is 1. The van der Waals surface area contributed by atoms with E-state index >= 15 is 0 Å². The minimum atomic E-state index is -0.395. The Morgan fingerprint density at radius 3 is 2.40 bits per heavy atom. The average molecular weight is 347 g/mol. The van der Waals surface area contributed by atoms with Gasteiger partial charge in [0.1, 0.15) is 11.8 Å². The number of nitrogens with zero attached hydrogens (tertiary/aromatic N) is 2. The van der Waals surface area contributed by atoms with E-state index < -0.39 is 6.04 Å². The van der Waals surface area contributed by atoms with Crippen LogP contribution in [0.2, 0.25) is 0 Å². The van der Waals surface area contributed by atoms with Gasteiger partial charge in [0.25, 0.3) is 5.91 Å². The Labute approximate surface area is 149 Å². The summed E-state index contributed by atoms with van der Waals surface area (Å²) in [6, 6.07) is 6.46. The molecule has 3 amide bonds. The lowest BCUT2D eigenvalue weighted by atomic mass is 10.1. The number of nitrogens with two attached hydrogens (primary N) is 1. The number of hydrogen-bond donors (Lipinski definition) is 1. The Morgan fingerprint density at radius 1 is 1.16 bits per heavy atom. The standard InChI is InChI=1S/C19H29N3O3/c1-4-25-16-10-8-15(9-11-16)22-18(23)17(7-5-6-12-20)21(19(22)24)13-14(2)3/h8-11,14,17H,4-7,12-13,20H2,1-3H3/t17-/m0/s1. The van der Waals surface area contributed by atoms with Gasteiger partial charge in [0.05, 0.1) is 12.3 Å². The maximum Gasteiger partial charge on any atom is 0.332 e. The molecule has 1 aliphatic rings. The second-order valence-electron chi connectivity index (χ2n) is 6.73. The third-order valence-electron chi connectivity index (χ3n) is 4.22. The Balaban J connectivity index is 2.22. The van der Waals surface area contributed by atoms with Crippen LogP contribution < -0.4 is 15.4 Å². The van der Waals surface area contributed by atoms with E-state index in [9.17, 15) is 9.59 Å². The molecule has 0 unspecified atom stereocenters. The van der Waals surface area contributed by atoms with Crippen molar-refractivity contribution in [3.05, 3.63) is 24.3 Å². The molecule has 2 N–H and O–H groups in total. The second-order valence-corrected chi connectivity index (χ2v) is 6.73. The molecule has 6 heteroatoms. The molecule has 0 saturated carbocycles. The molecule has 1 fully saturated rings. The van der Waals surface area contributed by atoms with E-state index in [0.29, 0.717) is 37.7 Å². The van der Waals surface area contributed by atoms with Crippen molar-refractivity contribution < 1.29 is 14.3 Å².